The number of aromatic carboxylic acids is 1. The van der Waals surface area contributed by atoms with E-state index in [0.717, 1.165) is 6.42 Å². The average Bonchev–Trinajstić information content (AvgIpc) is 2.47. The molecule has 0 bridgehead atoms. The molecule has 1 heterocycles. The normalized spacial score (nSPS) is 22.6. The van der Waals surface area contributed by atoms with Gasteiger partial charge in [-0.1, -0.05) is 13.0 Å². The standard InChI is InChI=1S/C15H19NO4/c1-10-6-7-16(9-13(10)20-2)14(17)11-4-3-5-12(8-11)15(18)19/h3-5,8,10,13H,6-7,9H2,1-2H3,(H,18,19). The maximum absolute atomic E-state index is 12.4. The number of carboxylic acids is 1. The van der Waals surface area contributed by atoms with Crippen molar-refractivity contribution in [1.29, 1.82) is 0 Å². The van der Waals surface area contributed by atoms with Crippen LogP contribution in [0.3, 0.4) is 0 Å². The van der Waals surface area contributed by atoms with Gasteiger partial charge in [-0.2, -0.15) is 0 Å². The van der Waals surface area contributed by atoms with Gasteiger partial charge in [-0.15, -0.1) is 0 Å². The minimum Gasteiger partial charge on any atom is -0.478 e. The number of rotatable bonds is 3. The van der Waals surface area contributed by atoms with Crippen molar-refractivity contribution in [2.45, 2.75) is 19.4 Å². The van der Waals surface area contributed by atoms with Gasteiger partial charge in [0.05, 0.1) is 11.7 Å². The van der Waals surface area contributed by atoms with Gasteiger partial charge in [-0.25, -0.2) is 4.79 Å². The molecule has 0 aliphatic carbocycles. The summed E-state index contributed by atoms with van der Waals surface area (Å²) in [6.45, 7) is 3.34. The quantitative estimate of drug-likeness (QED) is 0.916. The second kappa shape index (κ2) is 6.05. The monoisotopic (exact) mass is 277 g/mol. The van der Waals surface area contributed by atoms with Gasteiger partial charge in [-0.05, 0) is 30.5 Å². The summed E-state index contributed by atoms with van der Waals surface area (Å²) >= 11 is 0. The maximum atomic E-state index is 12.4. The molecule has 1 aliphatic heterocycles. The first-order valence-corrected chi connectivity index (χ1v) is 6.68. The second-order valence-electron chi connectivity index (χ2n) is 5.18. The van der Waals surface area contributed by atoms with Crippen molar-refractivity contribution in [2.24, 2.45) is 5.92 Å². The number of carbonyl (C=O) groups excluding carboxylic acids is 1. The van der Waals surface area contributed by atoms with Crippen molar-refractivity contribution in [2.75, 3.05) is 20.2 Å². The zero-order valence-corrected chi connectivity index (χ0v) is 11.7. The Morgan fingerprint density at radius 1 is 1.35 bits per heavy atom. The Labute approximate surface area is 118 Å². The summed E-state index contributed by atoms with van der Waals surface area (Å²) in [5.41, 5.74) is 0.541. The summed E-state index contributed by atoms with van der Waals surface area (Å²) in [5, 5.41) is 8.97. The molecular weight excluding hydrogens is 258 g/mol. The number of likely N-dealkylation sites (tertiary alicyclic amines) is 1. The molecule has 1 saturated heterocycles. The Bertz CT molecular complexity index is 514. The molecule has 0 spiro atoms. The minimum atomic E-state index is -1.03. The van der Waals surface area contributed by atoms with E-state index in [4.69, 9.17) is 9.84 Å². The van der Waals surface area contributed by atoms with Crippen LogP contribution in [0, 0.1) is 5.92 Å². The zero-order chi connectivity index (χ0) is 14.7. The summed E-state index contributed by atoms with van der Waals surface area (Å²) in [6, 6.07) is 6.14. The highest BCUT2D eigenvalue weighted by molar-refractivity contribution is 5.97. The van der Waals surface area contributed by atoms with Crippen LogP contribution < -0.4 is 0 Å². The van der Waals surface area contributed by atoms with E-state index in [1.807, 2.05) is 0 Å². The first kappa shape index (κ1) is 14.5. The third kappa shape index (κ3) is 2.99. The molecule has 0 aromatic heterocycles. The number of piperidine rings is 1. The molecule has 5 nitrogen and oxygen atoms in total. The van der Waals surface area contributed by atoms with Gasteiger partial charge in [0.25, 0.3) is 5.91 Å². The van der Waals surface area contributed by atoms with E-state index >= 15 is 0 Å². The molecule has 1 aromatic rings. The number of methoxy groups -OCH3 is 1. The summed E-state index contributed by atoms with van der Waals surface area (Å²) < 4.78 is 5.39. The largest absolute Gasteiger partial charge is 0.478 e. The van der Waals surface area contributed by atoms with Gasteiger partial charge in [0.15, 0.2) is 0 Å². The minimum absolute atomic E-state index is 0.0374. The smallest absolute Gasteiger partial charge is 0.335 e. The highest BCUT2D eigenvalue weighted by Gasteiger charge is 2.29. The number of benzene rings is 1. The first-order chi connectivity index (χ1) is 9.52. The molecular formula is C15H19NO4. The van der Waals surface area contributed by atoms with Crippen LogP contribution in [0.4, 0.5) is 0 Å². The fraction of sp³-hybridized carbons (Fsp3) is 0.467. The summed E-state index contributed by atoms with van der Waals surface area (Å²) in [4.78, 5) is 25.1. The van der Waals surface area contributed by atoms with Gasteiger partial charge in [0.2, 0.25) is 0 Å². The van der Waals surface area contributed by atoms with Crippen molar-refractivity contribution in [3.05, 3.63) is 35.4 Å². The van der Waals surface area contributed by atoms with Gasteiger partial charge in [0, 0.05) is 25.8 Å². The summed E-state index contributed by atoms with van der Waals surface area (Å²) in [6.07, 6.45) is 0.929. The predicted molar refractivity (Wildman–Crippen MR) is 73.9 cm³/mol. The van der Waals surface area contributed by atoms with E-state index in [0.29, 0.717) is 24.6 Å². The van der Waals surface area contributed by atoms with Crippen LogP contribution >= 0.6 is 0 Å². The lowest BCUT2D eigenvalue weighted by Crippen LogP contribution is -2.46. The van der Waals surface area contributed by atoms with E-state index in [1.54, 1.807) is 24.1 Å². The lowest BCUT2D eigenvalue weighted by atomic mass is 9.95. The summed E-state index contributed by atoms with van der Waals surface area (Å²) in [5.74, 6) is -0.738. The third-order valence-corrected chi connectivity index (χ3v) is 3.84. The number of nitrogens with zero attached hydrogens (tertiary/aromatic N) is 1. The van der Waals surface area contributed by atoms with Crippen LogP contribution in [-0.2, 0) is 4.74 Å². The van der Waals surface area contributed by atoms with Crippen LogP contribution in [0.25, 0.3) is 0 Å². The van der Waals surface area contributed by atoms with Gasteiger partial charge in [-0.3, -0.25) is 4.79 Å². The number of carboxylic acid groups (broad SMARTS) is 1. The van der Waals surface area contributed by atoms with E-state index < -0.39 is 5.97 Å². The topological polar surface area (TPSA) is 66.8 Å². The Balaban J connectivity index is 2.15. The summed E-state index contributed by atoms with van der Waals surface area (Å²) in [7, 11) is 1.65. The molecule has 1 aliphatic rings. The molecule has 108 valence electrons. The molecule has 1 N–H and O–H groups in total. The first-order valence-electron chi connectivity index (χ1n) is 6.68. The van der Waals surface area contributed by atoms with Gasteiger partial charge >= 0.3 is 5.97 Å². The van der Waals surface area contributed by atoms with Crippen molar-refractivity contribution >= 4 is 11.9 Å². The lowest BCUT2D eigenvalue weighted by Gasteiger charge is -2.36. The highest BCUT2D eigenvalue weighted by atomic mass is 16.5. The predicted octanol–water partition coefficient (Wildman–Crippen LogP) is 1.88. The molecule has 20 heavy (non-hydrogen) atoms. The van der Waals surface area contributed by atoms with Crippen LogP contribution in [0.1, 0.15) is 34.1 Å². The Hall–Kier alpha value is -1.88. The highest BCUT2D eigenvalue weighted by Crippen LogP contribution is 2.21. The molecule has 1 aromatic carbocycles. The fourth-order valence-corrected chi connectivity index (χ4v) is 2.49. The van der Waals surface area contributed by atoms with Crippen LogP contribution in [-0.4, -0.2) is 48.2 Å². The fourth-order valence-electron chi connectivity index (χ4n) is 2.49. The molecule has 2 rings (SSSR count). The molecule has 5 heteroatoms. The van der Waals surface area contributed by atoms with Gasteiger partial charge < -0.3 is 14.7 Å². The van der Waals surface area contributed by atoms with Crippen molar-refractivity contribution in [1.82, 2.24) is 4.90 Å². The molecule has 2 unspecified atom stereocenters. The molecule has 0 radical (unpaired) electrons. The van der Waals surface area contributed by atoms with Crippen molar-refractivity contribution in [3.63, 3.8) is 0 Å². The van der Waals surface area contributed by atoms with E-state index in [1.165, 1.54) is 12.1 Å². The zero-order valence-electron chi connectivity index (χ0n) is 11.7. The molecule has 1 amide bonds. The Morgan fingerprint density at radius 2 is 2.05 bits per heavy atom. The lowest BCUT2D eigenvalue weighted by molar-refractivity contribution is -0.00156. The van der Waals surface area contributed by atoms with E-state index in [9.17, 15) is 9.59 Å². The number of hydrogen-bond acceptors (Lipinski definition) is 3. The van der Waals surface area contributed by atoms with Crippen LogP contribution in [0.5, 0.6) is 0 Å². The Kier molecular flexibility index (Phi) is 4.39. The second-order valence-corrected chi connectivity index (χ2v) is 5.18. The number of hydrogen-bond donors (Lipinski definition) is 1. The number of carbonyl (C=O) groups is 2. The van der Waals surface area contributed by atoms with E-state index in [2.05, 4.69) is 6.92 Å². The van der Waals surface area contributed by atoms with Crippen molar-refractivity contribution in [3.8, 4) is 0 Å². The molecule has 2 atom stereocenters. The van der Waals surface area contributed by atoms with Crippen LogP contribution in [0.15, 0.2) is 24.3 Å². The maximum Gasteiger partial charge on any atom is 0.335 e. The Morgan fingerprint density at radius 3 is 2.70 bits per heavy atom. The van der Waals surface area contributed by atoms with Gasteiger partial charge in [0.1, 0.15) is 0 Å². The number of ether oxygens (including phenoxy) is 1. The SMILES string of the molecule is COC1CN(C(=O)c2cccc(C(=O)O)c2)CCC1C. The molecule has 1 fully saturated rings. The third-order valence-electron chi connectivity index (χ3n) is 3.84. The van der Waals surface area contributed by atoms with Crippen molar-refractivity contribution < 1.29 is 19.4 Å². The average molecular weight is 277 g/mol. The van der Waals surface area contributed by atoms with Crippen LogP contribution in [0.2, 0.25) is 0 Å². The number of amides is 1. The molecule has 0 saturated carbocycles. The van der Waals surface area contributed by atoms with E-state index in [-0.39, 0.29) is 17.6 Å².